The van der Waals surface area contributed by atoms with Crippen molar-refractivity contribution in [2.45, 2.75) is 26.4 Å². The number of rotatable bonds is 1. The molecule has 2 nitrogen and oxygen atoms in total. The van der Waals surface area contributed by atoms with Gasteiger partial charge in [0.1, 0.15) is 0 Å². The van der Waals surface area contributed by atoms with E-state index in [4.69, 9.17) is 11.6 Å². The van der Waals surface area contributed by atoms with Gasteiger partial charge < -0.3 is 0 Å². The maximum absolute atomic E-state index is 13.2. The Morgan fingerprint density at radius 3 is 2.43 bits per heavy atom. The second-order valence-electron chi connectivity index (χ2n) is 5.65. The molecule has 0 spiro atoms. The Morgan fingerprint density at radius 2 is 1.90 bits per heavy atom. The lowest BCUT2D eigenvalue weighted by Gasteiger charge is -2.46. The molecule has 1 unspecified atom stereocenters. The van der Waals surface area contributed by atoms with Crippen molar-refractivity contribution in [2.75, 3.05) is 4.90 Å². The molecule has 21 heavy (non-hydrogen) atoms. The largest absolute Gasteiger partial charge is 0.393 e. The minimum Gasteiger partial charge on any atom is -0.283 e. The SMILES string of the molecule is C=C1N(c2ccccc2Cl)C(=O)CC(C(F)(F)F)C1(C)C. The molecule has 0 saturated carbocycles. The summed E-state index contributed by atoms with van der Waals surface area (Å²) in [5.74, 6) is -2.39. The Morgan fingerprint density at radius 1 is 1.33 bits per heavy atom. The van der Waals surface area contributed by atoms with Gasteiger partial charge in [-0.25, -0.2) is 0 Å². The monoisotopic (exact) mass is 317 g/mol. The molecule has 1 saturated heterocycles. The van der Waals surface area contributed by atoms with Gasteiger partial charge in [-0.15, -0.1) is 0 Å². The van der Waals surface area contributed by atoms with E-state index < -0.39 is 29.8 Å². The number of piperidine rings is 1. The summed E-state index contributed by atoms with van der Waals surface area (Å²) >= 11 is 6.05. The van der Waals surface area contributed by atoms with Crippen molar-refractivity contribution in [1.82, 2.24) is 0 Å². The number of carbonyl (C=O) groups excluding carboxylic acids is 1. The standard InChI is InChI=1S/C15H15ClF3NO/c1-9-14(2,3)12(15(17,18)19)8-13(21)20(9)11-7-5-4-6-10(11)16/h4-7,12H,1,8H2,2-3H3. The van der Waals surface area contributed by atoms with Gasteiger partial charge >= 0.3 is 6.18 Å². The summed E-state index contributed by atoms with van der Waals surface area (Å²) in [7, 11) is 0. The van der Waals surface area contributed by atoms with E-state index in [1.165, 1.54) is 18.7 Å². The number of para-hydroxylation sites is 1. The van der Waals surface area contributed by atoms with Crippen molar-refractivity contribution in [3.8, 4) is 0 Å². The van der Waals surface area contributed by atoms with E-state index >= 15 is 0 Å². The third-order valence-corrected chi connectivity index (χ3v) is 4.32. The van der Waals surface area contributed by atoms with Crippen LogP contribution in [0.25, 0.3) is 0 Å². The van der Waals surface area contributed by atoms with Crippen LogP contribution in [0.4, 0.5) is 18.9 Å². The number of nitrogens with zero attached hydrogens (tertiary/aromatic N) is 1. The minimum absolute atomic E-state index is 0.106. The van der Waals surface area contributed by atoms with Crippen molar-refractivity contribution in [3.05, 3.63) is 41.6 Å². The lowest BCUT2D eigenvalue weighted by molar-refractivity contribution is -0.203. The van der Waals surface area contributed by atoms with Gasteiger partial charge in [0.25, 0.3) is 0 Å². The average Bonchev–Trinajstić information content (AvgIpc) is 2.35. The van der Waals surface area contributed by atoms with Crippen LogP contribution >= 0.6 is 11.6 Å². The molecule has 2 rings (SSSR count). The van der Waals surface area contributed by atoms with E-state index in [-0.39, 0.29) is 5.70 Å². The van der Waals surface area contributed by atoms with Crippen molar-refractivity contribution in [3.63, 3.8) is 0 Å². The van der Waals surface area contributed by atoms with Gasteiger partial charge in [-0.2, -0.15) is 13.2 Å². The minimum atomic E-state index is -4.45. The zero-order valence-corrected chi connectivity index (χ0v) is 12.4. The molecule has 0 N–H and O–H groups in total. The maximum Gasteiger partial charge on any atom is 0.393 e. The molecule has 114 valence electrons. The van der Waals surface area contributed by atoms with Gasteiger partial charge in [-0.3, -0.25) is 9.69 Å². The molecule has 1 aromatic rings. The van der Waals surface area contributed by atoms with Crippen LogP contribution in [0.1, 0.15) is 20.3 Å². The first kappa shape index (κ1) is 15.9. The normalized spacial score (nSPS) is 22.6. The van der Waals surface area contributed by atoms with Gasteiger partial charge in [0, 0.05) is 17.5 Å². The van der Waals surface area contributed by atoms with Gasteiger partial charge in [0.05, 0.1) is 16.6 Å². The molecule has 0 aromatic heterocycles. The summed E-state index contributed by atoms with van der Waals surface area (Å²) in [6.45, 7) is 6.62. The van der Waals surface area contributed by atoms with Crippen LogP contribution in [-0.2, 0) is 4.79 Å². The second-order valence-corrected chi connectivity index (χ2v) is 6.05. The number of hydrogen-bond donors (Lipinski definition) is 0. The predicted molar refractivity (Wildman–Crippen MR) is 76.0 cm³/mol. The summed E-state index contributed by atoms with van der Waals surface area (Å²) in [4.78, 5) is 13.4. The Hall–Kier alpha value is -1.49. The molecule has 1 aliphatic rings. The fraction of sp³-hybridized carbons (Fsp3) is 0.400. The predicted octanol–water partition coefficient (Wildman–Crippen LogP) is 4.80. The zero-order valence-electron chi connectivity index (χ0n) is 11.7. The van der Waals surface area contributed by atoms with Crippen LogP contribution < -0.4 is 4.90 Å². The Balaban J connectivity index is 2.48. The second kappa shape index (κ2) is 5.05. The summed E-state index contributed by atoms with van der Waals surface area (Å²) in [5.41, 5.74) is -0.817. The lowest BCUT2D eigenvalue weighted by Crippen LogP contribution is -2.51. The molecule has 1 heterocycles. The molecule has 1 aromatic carbocycles. The zero-order chi connectivity index (χ0) is 16.0. The highest BCUT2D eigenvalue weighted by Gasteiger charge is 2.55. The fourth-order valence-corrected chi connectivity index (χ4v) is 2.82. The van der Waals surface area contributed by atoms with E-state index in [1.54, 1.807) is 24.3 Å². The summed E-state index contributed by atoms with van der Waals surface area (Å²) in [6.07, 6.45) is -5.06. The van der Waals surface area contributed by atoms with Crippen molar-refractivity contribution < 1.29 is 18.0 Å². The maximum atomic E-state index is 13.2. The highest BCUT2D eigenvalue weighted by Crippen LogP contribution is 2.51. The Bertz CT molecular complexity index is 595. The first-order valence-corrected chi connectivity index (χ1v) is 6.78. The Kier molecular flexibility index (Phi) is 3.82. The number of amides is 1. The van der Waals surface area contributed by atoms with E-state index in [1.807, 2.05) is 0 Å². The average molecular weight is 318 g/mol. The van der Waals surface area contributed by atoms with Gasteiger partial charge in [-0.1, -0.05) is 44.2 Å². The van der Waals surface area contributed by atoms with Crippen LogP contribution in [0.5, 0.6) is 0 Å². The molecule has 1 fully saturated rings. The van der Waals surface area contributed by atoms with Crippen LogP contribution in [0.3, 0.4) is 0 Å². The smallest absolute Gasteiger partial charge is 0.283 e. The highest BCUT2D eigenvalue weighted by atomic mass is 35.5. The van der Waals surface area contributed by atoms with E-state index in [2.05, 4.69) is 6.58 Å². The molecule has 0 bridgehead atoms. The third kappa shape index (κ3) is 2.67. The van der Waals surface area contributed by atoms with Crippen molar-refractivity contribution in [1.29, 1.82) is 0 Å². The molecule has 0 radical (unpaired) electrons. The fourth-order valence-electron chi connectivity index (χ4n) is 2.60. The topological polar surface area (TPSA) is 20.3 Å². The van der Waals surface area contributed by atoms with Gasteiger partial charge in [-0.05, 0) is 12.1 Å². The molecule has 1 atom stereocenters. The molecule has 1 aliphatic heterocycles. The number of anilines is 1. The summed E-state index contributed by atoms with van der Waals surface area (Å²) < 4.78 is 39.5. The lowest BCUT2D eigenvalue weighted by atomic mass is 9.71. The Labute approximate surface area is 126 Å². The van der Waals surface area contributed by atoms with Gasteiger partial charge in [0.15, 0.2) is 0 Å². The summed E-state index contributed by atoms with van der Waals surface area (Å²) in [5, 5.41) is 0.299. The van der Waals surface area contributed by atoms with Crippen molar-refractivity contribution >= 4 is 23.2 Å². The number of allylic oxidation sites excluding steroid dienone is 1. The first-order chi connectivity index (χ1) is 9.56. The number of carbonyl (C=O) groups is 1. The number of halogens is 4. The van der Waals surface area contributed by atoms with Gasteiger partial charge in [0.2, 0.25) is 5.91 Å². The number of benzene rings is 1. The van der Waals surface area contributed by atoms with E-state index in [9.17, 15) is 18.0 Å². The van der Waals surface area contributed by atoms with Crippen LogP contribution in [0.15, 0.2) is 36.5 Å². The quantitative estimate of drug-likeness (QED) is 0.729. The van der Waals surface area contributed by atoms with Crippen LogP contribution in [0, 0.1) is 11.3 Å². The molecular weight excluding hydrogens is 303 g/mol. The highest BCUT2D eigenvalue weighted by molar-refractivity contribution is 6.34. The molecule has 6 heteroatoms. The van der Waals surface area contributed by atoms with Crippen LogP contribution in [0.2, 0.25) is 5.02 Å². The summed E-state index contributed by atoms with van der Waals surface area (Å²) in [6, 6.07) is 6.53. The number of alkyl halides is 3. The first-order valence-electron chi connectivity index (χ1n) is 6.40. The molecule has 1 amide bonds. The molecular formula is C15H15ClF3NO. The van der Waals surface area contributed by atoms with E-state index in [0.29, 0.717) is 10.7 Å². The molecule has 0 aliphatic carbocycles. The van der Waals surface area contributed by atoms with Crippen LogP contribution in [-0.4, -0.2) is 12.1 Å². The third-order valence-electron chi connectivity index (χ3n) is 4.00. The van der Waals surface area contributed by atoms with Crippen molar-refractivity contribution in [2.24, 2.45) is 11.3 Å². The van der Waals surface area contributed by atoms with E-state index in [0.717, 1.165) is 0 Å². The number of hydrogen-bond acceptors (Lipinski definition) is 1.